The molecule has 0 amide bonds. The zero-order valence-electron chi connectivity index (χ0n) is 33.1. The zero-order valence-corrected chi connectivity index (χ0v) is 33.1. The Bertz CT molecular complexity index is 1420. The van der Waals surface area contributed by atoms with Gasteiger partial charge in [-0.15, -0.1) is 0 Å². The quantitative estimate of drug-likeness (QED) is 0.129. The molecule has 8 atom stereocenters. The van der Waals surface area contributed by atoms with Crippen molar-refractivity contribution in [3.8, 4) is 0 Å². The molecule has 4 unspecified atom stereocenters. The van der Waals surface area contributed by atoms with Crippen molar-refractivity contribution in [2.75, 3.05) is 26.2 Å². The summed E-state index contributed by atoms with van der Waals surface area (Å²) >= 11 is 0. The van der Waals surface area contributed by atoms with Crippen LogP contribution in [0.3, 0.4) is 0 Å². The third-order valence-electron chi connectivity index (χ3n) is 14.6. The number of hydrogen-bond donors (Lipinski definition) is 0. The molecule has 4 aliphatic rings. The Kier molecular flexibility index (Phi) is 12.9. The van der Waals surface area contributed by atoms with Crippen LogP contribution in [0.15, 0.2) is 72.3 Å². The van der Waals surface area contributed by atoms with Crippen molar-refractivity contribution in [2.24, 2.45) is 46.3 Å². The van der Waals surface area contributed by atoms with Crippen molar-refractivity contribution >= 4 is 5.97 Å². The Hall–Kier alpha value is -2.43. The highest BCUT2D eigenvalue weighted by Crippen LogP contribution is 2.67. The zero-order chi connectivity index (χ0) is 36.0. The first-order valence-electron chi connectivity index (χ1n) is 21.0. The van der Waals surface area contributed by atoms with E-state index in [-0.39, 0.29) is 17.5 Å². The van der Waals surface area contributed by atoms with Gasteiger partial charge >= 0.3 is 5.97 Å². The van der Waals surface area contributed by atoms with Crippen LogP contribution in [0.5, 0.6) is 0 Å². The molecule has 2 aromatic carbocycles. The minimum Gasteiger partial charge on any atom is -0.461 e. The van der Waals surface area contributed by atoms with Crippen LogP contribution < -0.4 is 0 Å². The number of likely N-dealkylation sites (N-methyl/N-ethyl adjacent to an activating group) is 1. The lowest BCUT2D eigenvalue weighted by Crippen LogP contribution is -2.51. The van der Waals surface area contributed by atoms with Crippen molar-refractivity contribution in [2.45, 2.75) is 131 Å². The van der Waals surface area contributed by atoms with Gasteiger partial charge in [0.05, 0.1) is 6.54 Å². The second kappa shape index (κ2) is 17.1. The van der Waals surface area contributed by atoms with E-state index in [0.29, 0.717) is 12.0 Å². The molecule has 3 saturated carbocycles. The van der Waals surface area contributed by atoms with E-state index in [9.17, 15) is 4.79 Å². The number of nitrogens with zero attached hydrogens (tertiary/aromatic N) is 2. The van der Waals surface area contributed by atoms with E-state index in [2.05, 4.69) is 118 Å². The molecule has 4 aliphatic carbocycles. The maximum atomic E-state index is 13.6. The lowest BCUT2D eigenvalue weighted by molar-refractivity contribution is -0.153. The molecule has 4 nitrogen and oxygen atoms in total. The highest BCUT2D eigenvalue weighted by molar-refractivity contribution is 5.72. The molecule has 6 rings (SSSR count). The molecular formula is C47H70N2O2. The van der Waals surface area contributed by atoms with Gasteiger partial charge in [-0.3, -0.25) is 14.6 Å². The van der Waals surface area contributed by atoms with E-state index >= 15 is 0 Å². The fraction of sp³-hybridized carbons (Fsp3) is 0.681. The van der Waals surface area contributed by atoms with Gasteiger partial charge in [-0.1, -0.05) is 133 Å². The Morgan fingerprint density at radius 1 is 0.824 bits per heavy atom. The molecule has 0 heterocycles. The molecular weight excluding hydrogens is 625 g/mol. The Morgan fingerprint density at radius 3 is 2.16 bits per heavy atom. The third kappa shape index (κ3) is 9.03. The van der Waals surface area contributed by atoms with Crippen molar-refractivity contribution in [3.63, 3.8) is 0 Å². The molecule has 3 fully saturated rings. The predicted octanol–water partition coefficient (Wildman–Crippen LogP) is 11.0. The van der Waals surface area contributed by atoms with E-state index in [1.807, 2.05) is 0 Å². The molecule has 0 bridgehead atoms. The lowest BCUT2D eigenvalue weighted by Gasteiger charge is -2.58. The van der Waals surface area contributed by atoms with Crippen molar-refractivity contribution < 1.29 is 9.53 Å². The monoisotopic (exact) mass is 695 g/mol. The van der Waals surface area contributed by atoms with Crippen molar-refractivity contribution in [1.29, 1.82) is 0 Å². The minimum absolute atomic E-state index is 0.00794. The molecule has 4 heteroatoms. The fourth-order valence-corrected chi connectivity index (χ4v) is 11.7. The van der Waals surface area contributed by atoms with Crippen LogP contribution >= 0.6 is 0 Å². The Balaban J connectivity index is 1.05. The van der Waals surface area contributed by atoms with Crippen LogP contribution in [0.4, 0.5) is 0 Å². The molecule has 0 spiro atoms. The second-order valence-corrected chi connectivity index (χ2v) is 18.2. The van der Waals surface area contributed by atoms with Gasteiger partial charge in [-0.2, -0.15) is 0 Å². The summed E-state index contributed by atoms with van der Waals surface area (Å²) in [5.74, 6) is 5.03. The van der Waals surface area contributed by atoms with Crippen molar-refractivity contribution in [1.82, 2.24) is 9.80 Å². The van der Waals surface area contributed by atoms with Crippen LogP contribution in [-0.2, 0) is 22.6 Å². The van der Waals surface area contributed by atoms with Crippen molar-refractivity contribution in [3.05, 3.63) is 83.4 Å². The number of carbonyl (C=O) groups excluding carboxylic acids is 1. The maximum Gasteiger partial charge on any atom is 0.320 e. The average molecular weight is 695 g/mol. The first kappa shape index (κ1) is 38.3. The number of carbonyl (C=O) groups is 1. The second-order valence-electron chi connectivity index (χ2n) is 18.2. The highest BCUT2D eigenvalue weighted by atomic mass is 16.5. The molecule has 0 aliphatic heterocycles. The lowest BCUT2D eigenvalue weighted by atomic mass is 9.47. The number of esters is 1. The van der Waals surface area contributed by atoms with E-state index in [4.69, 9.17) is 4.74 Å². The summed E-state index contributed by atoms with van der Waals surface area (Å²) in [7, 11) is 0. The number of ether oxygens (including phenoxy) is 1. The van der Waals surface area contributed by atoms with Crippen LogP contribution in [-0.4, -0.2) is 48.1 Å². The van der Waals surface area contributed by atoms with Gasteiger partial charge in [-0.05, 0) is 109 Å². The van der Waals surface area contributed by atoms with Gasteiger partial charge in [-0.25, -0.2) is 0 Å². The van der Waals surface area contributed by atoms with E-state index < -0.39 is 0 Å². The minimum atomic E-state index is -0.0622. The summed E-state index contributed by atoms with van der Waals surface area (Å²) in [5.41, 5.74) is 4.97. The maximum absolute atomic E-state index is 13.6. The van der Waals surface area contributed by atoms with Gasteiger partial charge in [0, 0.05) is 32.6 Å². The molecule has 2 aromatic rings. The number of rotatable bonds is 16. The van der Waals surface area contributed by atoms with Crippen LogP contribution in [0, 0.1) is 46.3 Å². The summed E-state index contributed by atoms with van der Waals surface area (Å²) in [4.78, 5) is 18.4. The largest absolute Gasteiger partial charge is 0.461 e. The van der Waals surface area contributed by atoms with E-state index in [1.165, 1.54) is 62.5 Å². The van der Waals surface area contributed by atoms with Crippen LogP contribution in [0.1, 0.15) is 123 Å². The number of benzene rings is 2. The summed E-state index contributed by atoms with van der Waals surface area (Å²) in [5, 5.41) is 0. The van der Waals surface area contributed by atoms with E-state index in [0.717, 1.165) is 87.5 Å². The van der Waals surface area contributed by atoms with Gasteiger partial charge in [0.15, 0.2) is 0 Å². The van der Waals surface area contributed by atoms with Gasteiger partial charge < -0.3 is 4.74 Å². The smallest absolute Gasteiger partial charge is 0.320 e. The first-order chi connectivity index (χ1) is 24.6. The molecule has 51 heavy (non-hydrogen) atoms. The SMILES string of the molecule is CCN(CCN(CC(=O)OC1CC[C@@]2(C)C(=CCC3C2CC[C@@]2(C)C3CC[C@@H]2[C@H](C)CCCC(C)C)C1)Cc1ccccc1)Cc1ccccc1. The number of hydrogen-bond acceptors (Lipinski definition) is 4. The molecule has 0 aromatic heterocycles. The highest BCUT2D eigenvalue weighted by Gasteiger charge is 2.59. The third-order valence-corrected chi connectivity index (χ3v) is 14.6. The van der Waals surface area contributed by atoms with Crippen LogP contribution in [0.25, 0.3) is 0 Å². The number of allylic oxidation sites excluding steroid dienone is 1. The molecule has 280 valence electrons. The summed E-state index contributed by atoms with van der Waals surface area (Å²) in [6.45, 7) is 19.6. The van der Waals surface area contributed by atoms with Crippen LogP contribution in [0.2, 0.25) is 0 Å². The molecule has 0 N–H and O–H groups in total. The van der Waals surface area contributed by atoms with Gasteiger partial charge in [0.25, 0.3) is 0 Å². The summed E-state index contributed by atoms with van der Waals surface area (Å²) < 4.78 is 6.36. The summed E-state index contributed by atoms with van der Waals surface area (Å²) in [6, 6.07) is 21.3. The normalized spacial score (nSPS) is 30.8. The Labute approximate surface area is 311 Å². The summed E-state index contributed by atoms with van der Waals surface area (Å²) in [6.07, 6.45) is 16.9. The fourth-order valence-electron chi connectivity index (χ4n) is 11.7. The molecule has 0 saturated heterocycles. The standard InChI is InChI=1S/C47H70N2O2/c1-7-48(32-37-17-10-8-11-18-37)29-30-49(33-38-19-12-9-13-20-38)34-45(50)51-40-25-27-46(5)39(31-40)21-22-41-43-24-23-42(36(4)16-14-15-35(2)3)47(43,6)28-26-44(41)46/h8-13,17-21,35-36,40-44H,7,14-16,22-34H2,1-6H3/t36-,40?,41?,42-,43?,44?,46+,47-/m1/s1. The molecule has 0 radical (unpaired) electrons. The topological polar surface area (TPSA) is 32.8 Å². The van der Waals surface area contributed by atoms with E-state index in [1.54, 1.807) is 5.57 Å². The first-order valence-corrected chi connectivity index (χ1v) is 21.0. The predicted molar refractivity (Wildman–Crippen MR) is 212 cm³/mol. The Morgan fingerprint density at radius 2 is 1.49 bits per heavy atom. The van der Waals surface area contributed by atoms with Gasteiger partial charge in [0.2, 0.25) is 0 Å². The average Bonchev–Trinajstić information content (AvgIpc) is 3.48. The van der Waals surface area contributed by atoms with Gasteiger partial charge in [0.1, 0.15) is 6.10 Å². The number of fused-ring (bicyclic) bond motifs is 5.